The Morgan fingerprint density at radius 1 is 0.853 bits per heavy atom. The van der Waals surface area contributed by atoms with E-state index in [4.69, 9.17) is 16.9 Å². The zero-order valence-corrected chi connectivity index (χ0v) is 18.9. The zero-order valence-electron chi connectivity index (χ0n) is 18.9. The Morgan fingerprint density at radius 3 is 1.91 bits per heavy atom. The molecule has 0 heterocycles. The third kappa shape index (κ3) is 9.29. The first kappa shape index (κ1) is 26.3. The molecule has 0 aromatic heterocycles. The summed E-state index contributed by atoms with van der Waals surface area (Å²) in [5.41, 5.74) is 13.0. The van der Waals surface area contributed by atoms with Crippen LogP contribution in [-0.4, -0.2) is 53.5 Å². The van der Waals surface area contributed by atoms with Crippen LogP contribution in [0, 0.1) is 5.41 Å². The Kier molecular flexibility index (Phi) is 10.5. The smallest absolute Gasteiger partial charge is 0.326 e. The number of nitrogens with two attached hydrogens (primary N) is 2. The van der Waals surface area contributed by atoms with E-state index in [9.17, 15) is 19.5 Å². The number of guanidine groups is 1. The minimum absolute atomic E-state index is 0.126. The van der Waals surface area contributed by atoms with Crippen LogP contribution >= 0.6 is 0 Å². The van der Waals surface area contributed by atoms with E-state index in [-0.39, 0.29) is 18.8 Å². The number of rotatable bonds is 13. The summed E-state index contributed by atoms with van der Waals surface area (Å²) < 4.78 is 0. The molecule has 0 aliphatic rings. The summed E-state index contributed by atoms with van der Waals surface area (Å²) in [6.07, 6.45) is 0.970. The second-order valence-corrected chi connectivity index (χ2v) is 7.93. The lowest BCUT2D eigenvalue weighted by molar-refractivity contribution is -0.142. The van der Waals surface area contributed by atoms with Gasteiger partial charge in [0.1, 0.15) is 12.1 Å². The van der Waals surface area contributed by atoms with E-state index in [0.717, 1.165) is 11.1 Å². The van der Waals surface area contributed by atoms with E-state index in [2.05, 4.69) is 16.0 Å². The van der Waals surface area contributed by atoms with Crippen LogP contribution in [0.25, 0.3) is 0 Å². The maximum absolute atomic E-state index is 13.0. The second kappa shape index (κ2) is 13.6. The molecule has 0 aliphatic heterocycles. The number of aliphatic carboxylic acids is 1. The van der Waals surface area contributed by atoms with Gasteiger partial charge in [0, 0.05) is 13.0 Å². The SMILES string of the molecule is N=C(N)NCCC[C@H](NC(=O)[C@H](Cc1ccccc1)NC(=O)[C@@H](N)Cc1ccccc1)C(=O)O. The van der Waals surface area contributed by atoms with Crippen LogP contribution in [0.1, 0.15) is 24.0 Å². The van der Waals surface area contributed by atoms with Crippen LogP contribution in [0.3, 0.4) is 0 Å². The fourth-order valence-corrected chi connectivity index (χ4v) is 3.36. The van der Waals surface area contributed by atoms with Crippen molar-refractivity contribution in [3.8, 4) is 0 Å². The molecule has 3 atom stereocenters. The Bertz CT molecular complexity index is 954. The summed E-state index contributed by atoms with van der Waals surface area (Å²) >= 11 is 0. The maximum Gasteiger partial charge on any atom is 0.326 e. The molecule has 0 bridgehead atoms. The van der Waals surface area contributed by atoms with Crippen molar-refractivity contribution < 1.29 is 19.5 Å². The average molecular weight is 469 g/mol. The van der Waals surface area contributed by atoms with Gasteiger partial charge in [-0.1, -0.05) is 60.7 Å². The molecule has 0 aliphatic carbocycles. The fraction of sp³-hybridized carbons (Fsp3) is 0.333. The van der Waals surface area contributed by atoms with Crippen LogP contribution < -0.4 is 27.4 Å². The number of carboxylic acids is 1. The van der Waals surface area contributed by atoms with Crippen molar-refractivity contribution in [2.45, 2.75) is 43.8 Å². The largest absolute Gasteiger partial charge is 0.480 e. The molecular weight excluding hydrogens is 436 g/mol. The lowest BCUT2D eigenvalue weighted by atomic mass is 10.0. The minimum atomic E-state index is -1.19. The predicted molar refractivity (Wildman–Crippen MR) is 129 cm³/mol. The van der Waals surface area contributed by atoms with E-state index in [1.165, 1.54) is 0 Å². The minimum Gasteiger partial charge on any atom is -0.480 e. The van der Waals surface area contributed by atoms with Crippen molar-refractivity contribution >= 4 is 23.7 Å². The summed E-state index contributed by atoms with van der Waals surface area (Å²) in [6.45, 7) is 0.299. The highest BCUT2D eigenvalue weighted by molar-refractivity contribution is 5.92. The summed E-state index contributed by atoms with van der Waals surface area (Å²) in [7, 11) is 0. The van der Waals surface area contributed by atoms with Crippen molar-refractivity contribution in [3.63, 3.8) is 0 Å². The molecule has 10 nitrogen and oxygen atoms in total. The van der Waals surface area contributed by atoms with Crippen LogP contribution in [0.2, 0.25) is 0 Å². The maximum atomic E-state index is 13.0. The molecule has 9 N–H and O–H groups in total. The van der Waals surface area contributed by atoms with Gasteiger partial charge in [-0.3, -0.25) is 15.0 Å². The summed E-state index contributed by atoms with van der Waals surface area (Å²) in [5, 5.41) is 24.5. The number of hydrogen-bond acceptors (Lipinski definition) is 5. The lowest BCUT2D eigenvalue weighted by Gasteiger charge is -2.23. The van der Waals surface area contributed by atoms with Gasteiger partial charge in [-0.25, -0.2) is 4.79 Å². The van der Waals surface area contributed by atoms with Crippen molar-refractivity contribution in [1.29, 1.82) is 5.41 Å². The van der Waals surface area contributed by atoms with Gasteiger partial charge in [0.2, 0.25) is 11.8 Å². The first-order chi connectivity index (χ1) is 16.3. The Morgan fingerprint density at radius 2 is 1.38 bits per heavy atom. The molecule has 2 aromatic rings. The van der Waals surface area contributed by atoms with Crippen LogP contribution in [-0.2, 0) is 27.2 Å². The molecule has 0 fully saturated rings. The molecule has 34 heavy (non-hydrogen) atoms. The quantitative estimate of drug-likeness (QED) is 0.124. The molecule has 2 amide bonds. The molecule has 182 valence electrons. The molecule has 0 saturated carbocycles. The van der Waals surface area contributed by atoms with E-state index < -0.39 is 35.9 Å². The lowest BCUT2D eigenvalue weighted by Crippen LogP contribution is -2.55. The van der Waals surface area contributed by atoms with Crippen LogP contribution in [0.15, 0.2) is 60.7 Å². The van der Waals surface area contributed by atoms with Crippen LogP contribution in [0.5, 0.6) is 0 Å². The third-order valence-electron chi connectivity index (χ3n) is 5.15. The summed E-state index contributed by atoms with van der Waals surface area (Å²) in [4.78, 5) is 37.5. The van der Waals surface area contributed by atoms with Gasteiger partial charge in [0.15, 0.2) is 5.96 Å². The van der Waals surface area contributed by atoms with E-state index in [0.29, 0.717) is 19.4 Å². The highest BCUT2D eigenvalue weighted by Gasteiger charge is 2.28. The van der Waals surface area contributed by atoms with Gasteiger partial charge in [-0.05, 0) is 30.4 Å². The predicted octanol–water partition coefficient (Wildman–Crippen LogP) is 0.117. The Hall–Kier alpha value is -3.92. The van der Waals surface area contributed by atoms with Gasteiger partial charge < -0.3 is 32.5 Å². The zero-order chi connectivity index (χ0) is 24.9. The molecular formula is C24H32N6O4. The highest BCUT2D eigenvalue weighted by atomic mass is 16.4. The topological polar surface area (TPSA) is 183 Å². The number of carbonyl (C=O) groups excluding carboxylic acids is 2. The first-order valence-electron chi connectivity index (χ1n) is 11.0. The second-order valence-electron chi connectivity index (χ2n) is 7.93. The number of amides is 2. The molecule has 0 spiro atoms. The molecule has 0 saturated heterocycles. The summed E-state index contributed by atoms with van der Waals surface area (Å²) in [5.74, 6) is -2.52. The molecule has 2 aromatic carbocycles. The molecule has 0 radical (unpaired) electrons. The Balaban J connectivity index is 2.06. The van der Waals surface area contributed by atoms with Gasteiger partial charge in [-0.15, -0.1) is 0 Å². The highest BCUT2D eigenvalue weighted by Crippen LogP contribution is 2.07. The van der Waals surface area contributed by atoms with Gasteiger partial charge in [0.25, 0.3) is 0 Å². The van der Waals surface area contributed by atoms with Crippen molar-refractivity contribution in [3.05, 3.63) is 71.8 Å². The van der Waals surface area contributed by atoms with Crippen molar-refractivity contribution in [2.24, 2.45) is 11.5 Å². The van der Waals surface area contributed by atoms with Gasteiger partial charge in [-0.2, -0.15) is 0 Å². The van der Waals surface area contributed by atoms with E-state index in [1.807, 2.05) is 60.7 Å². The molecule has 10 heteroatoms. The average Bonchev–Trinajstić information content (AvgIpc) is 2.81. The number of benzene rings is 2. The van der Waals surface area contributed by atoms with Crippen LogP contribution in [0.4, 0.5) is 0 Å². The normalized spacial score (nSPS) is 13.2. The number of hydrogen-bond donors (Lipinski definition) is 7. The molecule has 0 unspecified atom stereocenters. The molecule has 2 rings (SSSR count). The first-order valence-corrected chi connectivity index (χ1v) is 11.0. The number of carboxylic acid groups (broad SMARTS) is 1. The van der Waals surface area contributed by atoms with E-state index in [1.54, 1.807) is 0 Å². The van der Waals surface area contributed by atoms with Crippen molar-refractivity contribution in [2.75, 3.05) is 6.54 Å². The monoisotopic (exact) mass is 468 g/mol. The number of carbonyl (C=O) groups is 3. The van der Waals surface area contributed by atoms with E-state index >= 15 is 0 Å². The number of nitrogens with one attached hydrogen (secondary N) is 4. The Labute approximate surface area is 198 Å². The van der Waals surface area contributed by atoms with Gasteiger partial charge >= 0.3 is 5.97 Å². The van der Waals surface area contributed by atoms with Gasteiger partial charge in [0.05, 0.1) is 6.04 Å². The van der Waals surface area contributed by atoms with Crippen molar-refractivity contribution in [1.82, 2.24) is 16.0 Å². The standard InChI is InChI=1S/C24H32N6O4/c25-18(14-16-8-3-1-4-9-16)21(31)30-20(15-17-10-5-2-6-11-17)22(32)29-19(23(33)34)12-7-13-28-24(26)27/h1-6,8-11,18-20H,7,12-15,25H2,(H,29,32)(H,30,31)(H,33,34)(H4,26,27,28)/t18-,19-,20-/m0/s1. The summed E-state index contributed by atoms with van der Waals surface area (Å²) in [6, 6.07) is 15.4. The fourth-order valence-electron chi connectivity index (χ4n) is 3.36. The third-order valence-corrected chi connectivity index (χ3v) is 5.15.